The molecule has 0 aliphatic heterocycles. The molecular weight excluding hydrogens is 460 g/mol. The Bertz CT molecular complexity index is 854. The van der Waals surface area contributed by atoms with Gasteiger partial charge >= 0.3 is 12.2 Å². The molecule has 6 nitrogen and oxygen atoms in total. The first-order chi connectivity index (χ1) is 16.1. The van der Waals surface area contributed by atoms with Crippen molar-refractivity contribution in [2.45, 2.75) is 71.5 Å². The molecule has 2 amide bonds. The van der Waals surface area contributed by atoms with Gasteiger partial charge in [0.1, 0.15) is 12.2 Å². The van der Waals surface area contributed by atoms with Crippen LogP contribution in [0.4, 0.5) is 9.59 Å². The highest BCUT2D eigenvalue weighted by Gasteiger charge is 2.29. The van der Waals surface area contributed by atoms with Crippen LogP contribution in [0.3, 0.4) is 0 Å². The molecule has 0 saturated carbocycles. The smallest absolute Gasteiger partial charge is 0.410 e. The maximum absolute atomic E-state index is 12.9. The Morgan fingerprint density at radius 1 is 1.11 bits per heavy atom. The van der Waals surface area contributed by atoms with E-state index >= 15 is 0 Å². The Labute approximate surface area is 214 Å². The van der Waals surface area contributed by atoms with Crippen LogP contribution in [0.1, 0.15) is 54.0 Å². The van der Waals surface area contributed by atoms with E-state index in [1.807, 2.05) is 58.0 Å². The summed E-state index contributed by atoms with van der Waals surface area (Å²) in [6.45, 7) is 18.8. The quantitative estimate of drug-likeness (QED) is 0.358. The van der Waals surface area contributed by atoms with Crippen molar-refractivity contribution in [3.63, 3.8) is 0 Å². The fraction of sp³-hybridized carbons (Fsp3) is 0.571. The summed E-state index contributed by atoms with van der Waals surface area (Å²) in [5.41, 5.74) is 0.285. The van der Waals surface area contributed by atoms with Crippen LogP contribution >= 0.6 is 10.0 Å². The number of hydrogen-bond donors (Lipinski definition) is 1. The third-order valence-corrected chi connectivity index (χ3v) is 9.86. The first-order valence-corrected chi connectivity index (χ1v) is 14.5. The number of nitrogens with one attached hydrogen (secondary N) is 1. The molecule has 0 spiro atoms. The Balaban J connectivity index is 3.07. The van der Waals surface area contributed by atoms with E-state index in [-0.39, 0.29) is 29.9 Å². The summed E-state index contributed by atoms with van der Waals surface area (Å²) in [7, 11) is -1.02. The highest BCUT2D eigenvalue weighted by Crippen LogP contribution is 2.54. The number of nitrogens with zero attached hydrogens (tertiary/aromatic N) is 1. The van der Waals surface area contributed by atoms with E-state index in [1.165, 1.54) is 0 Å². The maximum Gasteiger partial charge on any atom is 0.410 e. The molecule has 0 heterocycles. The average molecular weight is 507 g/mol. The van der Waals surface area contributed by atoms with Crippen LogP contribution in [-0.4, -0.2) is 59.1 Å². The second-order valence-electron chi connectivity index (χ2n) is 11.2. The number of hydrogen-bond acceptors (Lipinski definition) is 4. The second kappa shape index (κ2) is 13.1. The molecule has 198 valence electrons. The number of carbonyl (C=O) groups excluding carboxylic acids is 2. The minimum absolute atomic E-state index is 0.0501. The van der Waals surface area contributed by atoms with Gasteiger partial charge in [0.2, 0.25) is 0 Å². The molecule has 1 aromatic rings. The van der Waals surface area contributed by atoms with Gasteiger partial charge in [0.25, 0.3) is 0 Å². The van der Waals surface area contributed by atoms with Crippen LogP contribution in [0.15, 0.2) is 54.5 Å². The summed E-state index contributed by atoms with van der Waals surface area (Å²) in [5.74, 6) is -0.0501. The summed E-state index contributed by atoms with van der Waals surface area (Å²) < 4.78 is 11.2. The molecule has 7 heteroatoms. The molecule has 1 aromatic carbocycles. The lowest BCUT2D eigenvalue weighted by molar-refractivity contribution is 0.0468. The minimum atomic E-state index is -1.02. The Kier molecular flexibility index (Phi) is 11.4. The molecular formula is C28H46N2O4S. The predicted molar refractivity (Wildman–Crippen MR) is 149 cm³/mol. The van der Waals surface area contributed by atoms with E-state index in [0.717, 1.165) is 5.56 Å². The van der Waals surface area contributed by atoms with Crippen LogP contribution in [0.5, 0.6) is 0 Å². The van der Waals surface area contributed by atoms with Crippen LogP contribution in [0.2, 0.25) is 0 Å². The minimum Gasteiger partial charge on any atom is -0.445 e. The van der Waals surface area contributed by atoms with Gasteiger partial charge in [-0.25, -0.2) is 19.6 Å². The van der Waals surface area contributed by atoms with Gasteiger partial charge in [-0.3, -0.25) is 0 Å². The number of rotatable bonds is 10. The Morgan fingerprint density at radius 3 is 2.23 bits per heavy atom. The Morgan fingerprint density at radius 2 is 1.71 bits per heavy atom. The normalized spacial score (nSPS) is 14.7. The Hall–Kier alpha value is -2.41. The summed E-state index contributed by atoms with van der Waals surface area (Å²) >= 11 is 0. The van der Waals surface area contributed by atoms with Crippen molar-refractivity contribution < 1.29 is 19.1 Å². The van der Waals surface area contributed by atoms with E-state index in [9.17, 15) is 9.59 Å². The third-order valence-electron chi connectivity index (χ3n) is 5.87. The maximum atomic E-state index is 12.9. The largest absolute Gasteiger partial charge is 0.445 e. The van der Waals surface area contributed by atoms with Crippen LogP contribution in [-0.2, 0) is 16.1 Å². The predicted octanol–water partition coefficient (Wildman–Crippen LogP) is 6.72. The van der Waals surface area contributed by atoms with Gasteiger partial charge in [-0.2, -0.15) is 0 Å². The zero-order chi connectivity index (χ0) is 26.9. The molecule has 0 bridgehead atoms. The zero-order valence-electron chi connectivity index (χ0n) is 23.1. The summed E-state index contributed by atoms with van der Waals surface area (Å²) in [5, 5.41) is 5.25. The molecule has 0 aromatic heterocycles. The van der Waals surface area contributed by atoms with Gasteiger partial charge in [-0.1, -0.05) is 75.6 Å². The summed E-state index contributed by atoms with van der Waals surface area (Å²) in [6, 6.07) is 9.16. The molecule has 0 saturated heterocycles. The number of amides is 2. The monoisotopic (exact) mass is 506 g/mol. The molecule has 0 radical (unpaired) electrons. The van der Waals surface area contributed by atoms with E-state index < -0.39 is 27.8 Å². The van der Waals surface area contributed by atoms with Gasteiger partial charge in [0.15, 0.2) is 0 Å². The van der Waals surface area contributed by atoms with Crippen molar-refractivity contribution in [2.75, 3.05) is 25.6 Å². The molecule has 35 heavy (non-hydrogen) atoms. The van der Waals surface area contributed by atoms with Crippen molar-refractivity contribution in [2.24, 2.45) is 5.92 Å². The highest BCUT2D eigenvalue weighted by atomic mass is 32.3. The SMILES string of the molecule is C=CCN(CC(NC(=O)OC(C)(C)C)[C@@H](C)/C=C/S(C)(C)C(C)(C)C)C(=O)OCc1ccccc1. The van der Waals surface area contributed by atoms with Gasteiger partial charge in [0, 0.05) is 13.1 Å². The summed E-state index contributed by atoms with van der Waals surface area (Å²) in [4.78, 5) is 27.1. The van der Waals surface area contributed by atoms with Crippen molar-refractivity contribution in [1.82, 2.24) is 10.2 Å². The van der Waals surface area contributed by atoms with E-state index in [2.05, 4.69) is 56.7 Å². The van der Waals surface area contributed by atoms with Gasteiger partial charge < -0.3 is 19.7 Å². The van der Waals surface area contributed by atoms with Crippen LogP contribution < -0.4 is 5.32 Å². The summed E-state index contributed by atoms with van der Waals surface area (Å²) in [6.07, 6.45) is 7.38. The van der Waals surface area contributed by atoms with Crippen molar-refractivity contribution in [1.29, 1.82) is 0 Å². The third kappa shape index (κ3) is 11.2. The van der Waals surface area contributed by atoms with Crippen molar-refractivity contribution in [3.05, 3.63) is 60.0 Å². The van der Waals surface area contributed by atoms with E-state index in [0.29, 0.717) is 6.54 Å². The van der Waals surface area contributed by atoms with Gasteiger partial charge in [0.05, 0.1) is 6.04 Å². The van der Waals surface area contributed by atoms with Crippen LogP contribution in [0.25, 0.3) is 0 Å². The lowest BCUT2D eigenvalue weighted by Gasteiger charge is -2.42. The fourth-order valence-electron chi connectivity index (χ4n) is 2.89. The number of benzene rings is 1. The molecule has 1 unspecified atom stereocenters. The van der Waals surface area contributed by atoms with Crippen LogP contribution in [0, 0.1) is 5.92 Å². The molecule has 0 aliphatic carbocycles. The van der Waals surface area contributed by atoms with E-state index in [1.54, 1.807) is 11.0 Å². The number of alkyl carbamates (subject to hydrolysis) is 1. The van der Waals surface area contributed by atoms with Crippen molar-refractivity contribution in [3.8, 4) is 0 Å². The second-order valence-corrected chi connectivity index (χ2v) is 15.5. The van der Waals surface area contributed by atoms with E-state index in [4.69, 9.17) is 9.47 Å². The topological polar surface area (TPSA) is 67.9 Å². The molecule has 0 fully saturated rings. The molecule has 1 rings (SSSR count). The lowest BCUT2D eigenvalue weighted by atomic mass is 10.0. The molecule has 2 atom stereocenters. The highest BCUT2D eigenvalue weighted by molar-refractivity contribution is 8.36. The molecule has 1 N–H and O–H groups in total. The molecule has 0 aliphatic rings. The lowest BCUT2D eigenvalue weighted by Crippen LogP contribution is -2.50. The van der Waals surface area contributed by atoms with Gasteiger partial charge in [-0.15, -0.1) is 6.58 Å². The zero-order valence-corrected chi connectivity index (χ0v) is 23.9. The van der Waals surface area contributed by atoms with Crippen molar-refractivity contribution >= 4 is 22.2 Å². The fourth-order valence-corrected chi connectivity index (χ4v) is 3.94. The first kappa shape index (κ1) is 30.6. The standard InChI is InChI=1S/C28H46N2O4S/c1-11-18-30(26(32)33-21-23-15-13-12-14-16-23)20-24(29-25(31)34-27(3,4)5)22(2)17-19-35(9,10)28(6,7)8/h11-17,19,22,24H,1,18,20-21H2,2-10H3,(H,29,31)/b19-17+/t22-,24?/m0/s1. The first-order valence-electron chi connectivity index (χ1n) is 12.0. The number of ether oxygens (including phenoxy) is 2. The number of carbonyl (C=O) groups is 2. The average Bonchev–Trinajstić information content (AvgIpc) is 2.73. The van der Waals surface area contributed by atoms with Gasteiger partial charge in [-0.05, 0) is 49.5 Å².